The molecular formula is C23H38N2O5S. The molecule has 0 spiro atoms. The van der Waals surface area contributed by atoms with Crippen LogP contribution in [0.15, 0.2) is 29.2 Å². The molecule has 1 aromatic carbocycles. The predicted octanol–water partition coefficient (Wildman–Crippen LogP) is 3.33. The van der Waals surface area contributed by atoms with Crippen molar-refractivity contribution in [3.8, 4) is 0 Å². The van der Waals surface area contributed by atoms with Crippen molar-refractivity contribution in [2.75, 3.05) is 32.8 Å². The van der Waals surface area contributed by atoms with E-state index in [2.05, 4.69) is 0 Å². The van der Waals surface area contributed by atoms with E-state index in [9.17, 15) is 18.0 Å². The molecule has 0 saturated heterocycles. The summed E-state index contributed by atoms with van der Waals surface area (Å²) < 4.78 is 31.6. The van der Waals surface area contributed by atoms with E-state index < -0.39 is 16.0 Å². The fourth-order valence-electron chi connectivity index (χ4n) is 3.25. The Hall–Kier alpha value is -1.93. The molecule has 0 saturated carbocycles. The third kappa shape index (κ3) is 8.99. The van der Waals surface area contributed by atoms with Crippen molar-refractivity contribution < 1.29 is 22.7 Å². The van der Waals surface area contributed by atoms with E-state index in [0.29, 0.717) is 44.4 Å². The van der Waals surface area contributed by atoms with Crippen LogP contribution in [0.25, 0.3) is 0 Å². The SMILES string of the molecule is CCN(CC)S(=O)(=O)c1ccc(CCC(=O)OCC(=O)N(CC(C)C)CC(C)C)cc1. The Labute approximate surface area is 187 Å². The highest BCUT2D eigenvalue weighted by molar-refractivity contribution is 7.89. The van der Waals surface area contributed by atoms with Crippen LogP contribution in [0.5, 0.6) is 0 Å². The molecule has 176 valence electrons. The monoisotopic (exact) mass is 454 g/mol. The molecule has 0 fully saturated rings. The topological polar surface area (TPSA) is 84.0 Å². The maximum absolute atomic E-state index is 12.5. The average Bonchev–Trinajstić information content (AvgIpc) is 2.70. The second-order valence-corrected chi connectivity index (χ2v) is 10.4. The minimum atomic E-state index is -3.49. The molecule has 8 heteroatoms. The smallest absolute Gasteiger partial charge is 0.306 e. The van der Waals surface area contributed by atoms with Gasteiger partial charge in [0, 0.05) is 32.6 Å². The molecule has 0 radical (unpaired) electrons. The predicted molar refractivity (Wildman–Crippen MR) is 122 cm³/mol. The summed E-state index contributed by atoms with van der Waals surface area (Å²) >= 11 is 0. The van der Waals surface area contributed by atoms with Crippen LogP contribution in [0, 0.1) is 11.8 Å². The first-order valence-electron chi connectivity index (χ1n) is 11.0. The molecular weight excluding hydrogens is 416 g/mol. The maximum Gasteiger partial charge on any atom is 0.306 e. The third-order valence-corrected chi connectivity index (χ3v) is 6.83. The van der Waals surface area contributed by atoms with Gasteiger partial charge < -0.3 is 9.64 Å². The van der Waals surface area contributed by atoms with Gasteiger partial charge in [-0.25, -0.2) is 8.42 Å². The van der Waals surface area contributed by atoms with Gasteiger partial charge in [-0.1, -0.05) is 53.7 Å². The molecule has 1 aromatic rings. The third-order valence-electron chi connectivity index (χ3n) is 4.76. The quantitative estimate of drug-likeness (QED) is 0.427. The normalized spacial score (nSPS) is 11.9. The van der Waals surface area contributed by atoms with E-state index in [1.54, 1.807) is 43.0 Å². The summed E-state index contributed by atoms with van der Waals surface area (Å²) in [5, 5.41) is 0. The first kappa shape index (κ1) is 27.1. The van der Waals surface area contributed by atoms with Gasteiger partial charge in [-0.2, -0.15) is 4.31 Å². The van der Waals surface area contributed by atoms with E-state index >= 15 is 0 Å². The van der Waals surface area contributed by atoms with Crippen LogP contribution < -0.4 is 0 Å². The van der Waals surface area contributed by atoms with Crippen LogP contribution in [-0.2, 0) is 30.8 Å². The van der Waals surface area contributed by atoms with E-state index in [1.807, 2.05) is 27.7 Å². The van der Waals surface area contributed by atoms with Crippen LogP contribution >= 0.6 is 0 Å². The number of nitrogens with zero attached hydrogens (tertiary/aromatic N) is 2. The van der Waals surface area contributed by atoms with Crippen molar-refractivity contribution in [3.63, 3.8) is 0 Å². The van der Waals surface area contributed by atoms with Crippen LogP contribution in [0.4, 0.5) is 0 Å². The number of aryl methyl sites for hydroxylation is 1. The Kier molecular flexibility index (Phi) is 11.2. The standard InChI is InChI=1S/C23H38N2O5S/c1-7-25(8-2)31(28,29)21-12-9-20(10-13-21)11-14-23(27)30-17-22(26)24(15-18(3)4)16-19(5)6/h9-10,12-13,18-19H,7-8,11,14-17H2,1-6H3. The van der Waals surface area contributed by atoms with Gasteiger partial charge in [0.25, 0.3) is 5.91 Å². The average molecular weight is 455 g/mol. The molecule has 0 N–H and O–H groups in total. The lowest BCUT2D eigenvalue weighted by atomic mass is 10.1. The van der Waals surface area contributed by atoms with Crippen LogP contribution in [0.1, 0.15) is 53.5 Å². The number of carbonyl (C=O) groups is 2. The summed E-state index contributed by atoms with van der Waals surface area (Å²) in [6, 6.07) is 6.55. The van der Waals surface area contributed by atoms with Crippen molar-refractivity contribution >= 4 is 21.9 Å². The molecule has 1 amide bonds. The highest BCUT2D eigenvalue weighted by Crippen LogP contribution is 2.17. The molecule has 0 heterocycles. The Morgan fingerprint density at radius 1 is 0.935 bits per heavy atom. The molecule has 7 nitrogen and oxygen atoms in total. The molecule has 0 atom stereocenters. The molecule has 0 bridgehead atoms. The fourth-order valence-corrected chi connectivity index (χ4v) is 4.71. The number of carbonyl (C=O) groups excluding carboxylic acids is 2. The highest BCUT2D eigenvalue weighted by Gasteiger charge is 2.21. The largest absolute Gasteiger partial charge is 0.456 e. The fraction of sp³-hybridized carbons (Fsp3) is 0.652. The summed E-state index contributed by atoms with van der Waals surface area (Å²) in [7, 11) is -3.49. The number of hydrogen-bond donors (Lipinski definition) is 0. The lowest BCUT2D eigenvalue weighted by molar-refractivity contribution is -0.152. The summed E-state index contributed by atoms with van der Waals surface area (Å²) in [6.07, 6.45) is 0.546. The van der Waals surface area contributed by atoms with Crippen molar-refractivity contribution in [2.24, 2.45) is 11.8 Å². The Morgan fingerprint density at radius 3 is 1.90 bits per heavy atom. The maximum atomic E-state index is 12.5. The summed E-state index contributed by atoms with van der Waals surface area (Å²) in [5.74, 6) is 0.0581. The van der Waals surface area contributed by atoms with Gasteiger partial charge in [-0.3, -0.25) is 9.59 Å². The zero-order valence-corrected chi connectivity index (χ0v) is 20.6. The second kappa shape index (κ2) is 12.8. The lowest BCUT2D eigenvalue weighted by Crippen LogP contribution is -2.39. The number of hydrogen-bond acceptors (Lipinski definition) is 5. The van der Waals surface area contributed by atoms with E-state index in [-0.39, 0.29) is 23.8 Å². The Balaban J connectivity index is 2.58. The second-order valence-electron chi connectivity index (χ2n) is 8.48. The van der Waals surface area contributed by atoms with Gasteiger partial charge >= 0.3 is 5.97 Å². The first-order valence-corrected chi connectivity index (χ1v) is 12.5. The van der Waals surface area contributed by atoms with Gasteiger partial charge in [-0.15, -0.1) is 0 Å². The molecule has 0 aliphatic heterocycles. The van der Waals surface area contributed by atoms with Crippen molar-refractivity contribution in [1.29, 1.82) is 0 Å². The molecule has 1 rings (SSSR count). The zero-order valence-electron chi connectivity index (χ0n) is 19.8. The number of rotatable bonds is 13. The minimum Gasteiger partial charge on any atom is -0.456 e. The van der Waals surface area contributed by atoms with Crippen molar-refractivity contribution in [2.45, 2.75) is 59.3 Å². The Morgan fingerprint density at radius 2 is 1.45 bits per heavy atom. The molecule has 31 heavy (non-hydrogen) atoms. The zero-order chi connectivity index (χ0) is 23.6. The van der Waals surface area contributed by atoms with Gasteiger partial charge in [0.05, 0.1) is 4.90 Å². The van der Waals surface area contributed by atoms with E-state index in [0.717, 1.165) is 5.56 Å². The van der Waals surface area contributed by atoms with Crippen LogP contribution in [-0.4, -0.2) is 62.3 Å². The van der Waals surface area contributed by atoms with Gasteiger partial charge in [0.2, 0.25) is 10.0 Å². The molecule has 0 aliphatic rings. The minimum absolute atomic E-state index is 0.129. The molecule has 0 aliphatic carbocycles. The molecule has 0 unspecified atom stereocenters. The highest BCUT2D eigenvalue weighted by atomic mass is 32.2. The summed E-state index contributed by atoms with van der Waals surface area (Å²) in [5.41, 5.74) is 0.836. The van der Waals surface area contributed by atoms with E-state index in [1.165, 1.54) is 4.31 Å². The number of benzene rings is 1. The van der Waals surface area contributed by atoms with Crippen LogP contribution in [0.2, 0.25) is 0 Å². The lowest BCUT2D eigenvalue weighted by Gasteiger charge is -2.26. The van der Waals surface area contributed by atoms with Gasteiger partial charge in [0.1, 0.15) is 0 Å². The van der Waals surface area contributed by atoms with Crippen molar-refractivity contribution in [1.82, 2.24) is 9.21 Å². The summed E-state index contributed by atoms with van der Waals surface area (Å²) in [6.45, 7) is 13.6. The number of amides is 1. The van der Waals surface area contributed by atoms with Gasteiger partial charge in [-0.05, 0) is 36.0 Å². The van der Waals surface area contributed by atoms with E-state index in [4.69, 9.17) is 4.74 Å². The Bertz CT molecular complexity index is 790. The molecule has 0 aromatic heterocycles. The number of esters is 1. The van der Waals surface area contributed by atoms with Crippen molar-refractivity contribution in [3.05, 3.63) is 29.8 Å². The van der Waals surface area contributed by atoms with Crippen LogP contribution in [0.3, 0.4) is 0 Å². The summed E-state index contributed by atoms with van der Waals surface area (Å²) in [4.78, 5) is 26.5. The first-order chi connectivity index (χ1) is 14.5. The number of ether oxygens (including phenoxy) is 1. The van der Waals surface area contributed by atoms with Gasteiger partial charge in [0.15, 0.2) is 6.61 Å². The number of sulfonamides is 1.